The van der Waals surface area contributed by atoms with E-state index >= 15 is 0 Å². The lowest BCUT2D eigenvalue weighted by Gasteiger charge is -2.35. The van der Waals surface area contributed by atoms with Crippen LogP contribution in [0.15, 0.2) is 23.0 Å². The van der Waals surface area contributed by atoms with Crippen LogP contribution in [0.5, 0.6) is 5.75 Å². The Morgan fingerprint density at radius 1 is 1.31 bits per heavy atom. The Labute approximate surface area is 207 Å². The second-order valence-corrected chi connectivity index (χ2v) is 10.8. The summed E-state index contributed by atoms with van der Waals surface area (Å²) in [5.41, 5.74) is 1.90. The molecule has 190 valence electrons. The number of likely N-dealkylation sites (N-methyl/N-ethyl adjacent to an activating group) is 2. The number of aromatic amines is 1. The molecule has 0 saturated heterocycles. The minimum absolute atomic E-state index is 0.268. The molecule has 2 atom stereocenters. The molecular formula is C24H34N6O4S. The summed E-state index contributed by atoms with van der Waals surface area (Å²) in [6, 6.07) is 5.25. The molecule has 0 bridgehead atoms. The van der Waals surface area contributed by atoms with E-state index in [2.05, 4.69) is 4.98 Å². The van der Waals surface area contributed by atoms with Crippen molar-refractivity contribution in [2.75, 3.05) is 40.8 Å². The van der Waals surface area contributed by atoms with Crippen molar-refractivity contribution in [3.63, 3.8) is 0 Å². The van der Waals surface area contributed by atoms with Gasteiger partial charge in [-0.15, -0.1) is 5.10 Å². The third kappa shape index (κ3) is 4.90. The molecule has 2 unspecified atom stereocenters. The third-order valence-electron chi connectivity index (χ3n) is 6.79. The summed E-state index contributed by atoms with van der Waals surface area (Å²) in [6.07, 6.45) is 4.33. The van der Waals surface area contributed by atoms with E-state index in [-0.39, 0.29) is 15.4 Å². The van der Waals surface area contributed by atoms with Crippen molar-refractivity contribution in [2.24, 2.45) is 0 Å². The molecule has 1 aliphatic carbocycles. The predicted molar refractivity (Wildman–Crippen MR) is 136 cm³/mol. The predicted octanol–water partition coefficient (Wildman–Crippen LogP) is 2.74. The van der Waals surface area contributed by atoms with E-state index in [0.29, 0.717) is 53.7 Å². The van der Waals surface area contributed by atoms with Crippen LogP contribution in [-0.4, -0.2) is 74.1 Å². The van der Waals surface area contributed by atoms with Gasteiger partial charge in [-0.1, -0.05) is 12.8 Å². The summed E-state index contributed by atoms with van der Waals surface area (Å²) < 4.78 is 31.9. The molecule has 2 aromatic heterocycles. The van der Waals surface area contributed by atoms with Crippen LogP contribution in [0.3, 0.4) is 0 Å². The molecule has 0 radical (unpaired) electrons. The van der Waals surface area contributed by atoms with Crippen LogP contribution in [0.1, 0.15) is 50.0 Å². The van der Waals surface area contributed by atoms with Crippen molar-refractivity contribution in [3.8, 4) is 17.1 Å². The van der Waals surface area contributed by atoms with E-state index in [4.69, 9.17) is 14.8 Å². The minimum Gasteiger partial charge on any atom is -0.724 e. The molecule has 4 rings (SSSR count). The Morgan fingerprint density at radius 3 is 2.66 bits per heavy atom. The summed E-state index contributed by atoms with van der Waals surface area (Å²) >= 11 is -2.43. The topological polar surface area (TPSA) is 116 Å². The number of aromatic nitrogens is 4. The van der Waals surface area contributed by atoms with Gasteiger partial charge in [-0.3, -0.25) is 4.79 Å². The first-order valence-electron chi connectivity index (χ1n) is 12.0. The number of H-pyrrole nitrogens is 1. The standard InChI is InChI=1S/C24H34N6O4S/c1-6-34-20-12-11-18(30(5,35(32)33)14-13-28(3)4)15-19(20)22-26-24(31)21-16(2)25-23(29(21)27-22)17-9-7-8-10-17/h11-12,15,17H,6-10,13-14H2,1-5H3,(H-,26,27,31,32,33). The second-order valence-electron chi connectivity index (χ2n) is 9.56. The van der Waals surface area contributed by atoms with Crippen molar-refractivity contribution < 1.29 is 13.5 Å². The summed E-state index contributed by atoms with van der Waals surface area (Å²) in [5.74, 6) is 1.92. The van der Waals surface area contributed by atoms with Gasteiger partial charge in [0.05, 0.1) is 24.9 Å². The van der Waals surface area contributed by atoms with Crippen LogP contribution in [0.2, 0.25) is 0 Å². The largest absolute Gasteiger partial charge is 0.724 e. The SMILES string of the molecule is CCOc1ccc([N+](C)(CCN(C)C)S(=O)[O-])cc1-c1nn2c(C3CCCC3)nc(C)c2c(=O)[nH]1. The monoisotopic (exact) mass is 502 g/mol. The number of aryl methyl sites for hydroxylation is 1. The second kappa shape index (κ2) is 10.2. The average Bonchev–Trinajstić information content (AvgIpc) is 3.46. The number of benzene rings is 1. The number of nitrogens with zero attached hydrogens (tertiary/aromatic N) is 5. The zero-order chi connectivity index (χ0) is 25.3. The fourth-order valence-corrected chi connectivity index (χ4v) is 5.24. The molecule has 0 spiro atoms. The van der Waals surface area contributed by atoms with Gasteiger partial charge in [-0.2, -0.15) is 0 Å². The van der Waals surface area contributed by atoms with Gasteiger partial charge in [0.25, 0.3) is 5.56 Å². The molecule has 0 amide bonds. The quantitative estimate of drug-likeness (QED) is 0.353. The molecule has 1 aliphatic rings. The maximum Gasteiger partial charge on any atom is 0.277 e. The first-order chi connectivity index (χ1) is 16.7. The van der Waals surface area contributed by atoms with Crippen LogP contribution in [0, 0.1) is 6.92 Å². The zero-order valence-electron chi connectivity index (χ0n) is 21.0. The molecule has 1 fully saturated rings. The van der Waals surface area contributed by atoms with Gasteiger partial charge in [-0.05, 0) is 46.9 Å². The van der Waals surface area contributed by atoms with E-state index in [1.165, 1.54) is 0 Å². The average molecular weight is 503 g/mol. The van der Waals surface area contributed by atoms with Crippen molar-refractivity contribution >= 4 is 22.5 Å². The summed E-state index contributed by atoms with van der Waals surface area (Å²) in [4.78, 5) is 22.7. The van der Waals surface area contributed by atoms with E-state index in [0.717, 1.165) is 31.5 Å². The first-order valence-corrected chi connectivity index (χ1v) is 13.1. The minimum atomic E-state index is -2.43. The molecule has 35 heavy (non-hydrogen) atoms. The number of hydrogen-bond donors (Lipinski definition) is 1. The molecule has 2 heterocycles. The first kappa shape index (κ1) is 25.5. The zero-order valence-corrected chi connectivity index (χ0v) is 21.9. The molecule has 1 aromatic carbocycles. The van der Waals surface area contributed by atoms with E-state index in [1.807, 2.05) is 32.8 Å². The van der Waals surface area contributed by atoms with E-state index in [1.54, 1.807) is 29.8 Å². The maximum absolute atomic E-state index is 13.2. The molecular weight excluding hydrogens is 468 g/mol. The number of hydrogen-bond acceptors (Lipinski definition) is 7. The van der Waals surface area contributed by atoms with Crippen LogP contribution >= 0.6 is 0 Å². The molecule has 3 aromatic rings. The number of nitrogens with one attached hydrogen (secondary N) is 1. The highest BCUT2D eigenvalue weighted by molar-refractivity contribution is 7.78. The molecule has 1 N–H and O–H groups in total. The number of imidazole rings is 1. The highest BCUT2D eigenvalue weighted by atomic mass is 32.2. The highest BCUT2D eigenvalue weighted by Gasteiger charge is 2.30. The van der Waals surface area contributed by atoms with E-state index < -0.39 is 11.3 Å². The van der Waals surface area contributed by atoms with Gasteiger partial charge in [0, 0.05) is 24.6 Å². The summed E-state index contributed by atoms with van der Waals surface area (Å²) in [6.45, 7) is 5.04. The van der Waals surface area contributed by atoms with Crippen molar-refractivity contribution in [1.29, 1.82) is 0 Å². The Bertz CT molecular complexity index is 1300. The number of rotatable bonds is 9. The fraction of sp³-hybridized carbons (Fsp3) is 0.542. The van der Waals surface area contributed by atoms with Gasteiger partial charge in [0.15, 0.2) is 22.6 Å². The smallest absolute Gasteiger partial charge is 0.277 e. The van der Waals surface area contributed by atoms with Crippen molar-refractivity contribution in [2.45, 2.75) is 45.4 Å². The van der Waals surface area contributed by atoms with Crippen LogP contribution in [-0.2, 0) is 11.3 Å². The molecule has 1 saturated carbocycles. The number of quaternary nitrogens is 1. The Hall–Kier alpha value is -2.60. The van der Waals surface area contributed by atoms with Crippen LogP contribution < -0.4 is 14.2 Å². The number of ether oxygens (including phenoxy) is 1. The Kier molecular flexibility index (Phi) is 7.41. The van der Waals surface area contributed by atoms with Crippen LogP contribution in [0.4, 0.5) is 5.69 Å². The van der Waals surface area contributed by atoms with Gasteiger partial charge >= 0.3 is 0 Å². The normalized spacial score (nSPS) is 17.2. The van der Waals surface area contributed by atoms with Crippen molar-refractivity contribution in [1.82, 2.24) is 28.4 Å². The summed E-state index contributed by atoms with van der Waals surface area (Å²) in [7, 11) is 5.46. The molecule has 11 heteroatoms. The third-order valence-corrected chi connectivity index (χ3v) is 7.84. The van der Waals surface area contributed by atoms with Crippen molar-refractivity contribution in [3.05, 3.63) is 40.1 Å². The Morgan fingerprint density at radius 2 is 2.03 bits per heavy atom. The van der Waals surface area contributed by atoms with Gasteiger partial charge in [0.1, 0.15) is 23.8 Å². The lowest BCUT2D eigenvalue weighted by molar-refractivity contribution is 0.339. The van der Waals surface area contributed by atoms with E-state index in [9.17, 15) is 13.6 Å². The molecule has 0 aliphatic heterocycles. The molecule has 10 nitrogen and oxygen atoms in total. The van der Waals surface area contributed by atoms with Gasteiger partial charge in [0.2, 0.25) is 0 Å². The number of fused-ring (bicyclic) bond motifs is 1. The highest BCUT2D eigenvalue weighted by Crippen LogP contribution is 2.36. The van der Waals surface area contributed by atoms with Gasteiger partial charge < -0.3 is 19.2 Å². The summed E-state index contributed by atoms with van der Waals surface area (Å²) in [5, 5.41) is 4.81. The maximum atomic E-state index is 13.2. The fourth-order valence-electron chi connectivity index (χ4n) is 4.72. The lowest BCUT2D eigenvalue weighted by Crippen LogP contribution is -2.50. The Balaban J connectivity index is 1.89. The lowest BCUT2D eigenvalue weighted by atomic mass is 10.1. The van der Waals surface area contributed by atoms with Gasteiger partial charge in [-0.25, -0.2) is 17.6 Å². The van der Waals surface area contributed by atoms with Crippen LogP contribution in [0.25, 0.3) is 16.9 Å².